The minimum Gasteiger partial charge on any atom is -0.508 e. The number of carboxylic acids is 1. The van der Waals surface area contributed by atoms with Crippen molar-refractivity contribution in [3.63, 3.8) is 0 Å². The molecule has 2 unspecified atom stereocenters. The molecule has 1 aromatic carbocycles. The van der Waals surface area contributed by atoms with E-state index in [0.29, 0.717) is 18.7 Å². The Morgan fingerprint density at radius 1 is 1.38 bits per heavy atom. The molecule has 1 saturated heterocycles. The highest BCUT2D eigenvalue weighted by Crippen LogP contribution is 2.39. The first-order chi connectivity index (χ1) is 10.0. The largest absolute Gasteiger partial charge is 0.508 e. The van der Waals surface area contributed by atoms with Crippen LogP contribution in [0.5, 0.6) is 5.75 Å². The molecular weight excluding hydrogens is 266 g/mol. The highest BCUT2D eigenvalue weighted by atomic mass is 16.4. The van der Waals surface area contributed by atoms with Crippen LogP contribution in [0.15, 0.2) is 24.3 Å². The quantitative estimate of drug-likeness (QED) is 0.872. The molecule has 2 N–H and O–H groups in total. The first-order valence-corrected chi connectivity index (χ1v) is 7.79. The van der Waals surface area contributed by atoms with Gasteiger partial charge in [0.05, 0.1) is 5.41 Å². The number of phenolic OH excluding ortho intramolecular Hbond substituents is 1. The van der Waals surface area contributed by atoms with E-state index in [-0.39, 0.29) is 6.04 Å². The maximum Gasteiger partial charge on any atom is 0.310 e. The zero-order valence-electron chi connectivity index (χ0n) is 12.9. The van der Waals surface area contributed by atoms with Crippen LogP contribution in [-0.4, -0.2) is 34.2 Å². The Hall–Kier alpha value is -1.55. The summed E-state index contributed by atoms with van der Waals surface area (Å²) in [7, 11) is 0. The molecule has 21 heavy (non-hydrogen) atoms. The van der Waals surface area contributed by atoms with Gasteiger partial charge in [-0.2, -0.15) is 0 Å². The van der Waals surface area contributed by atoms with E-state index in [9.17, 15) is 15.0 Å². The van der Waals surface area contributed by atoms with Gasteiger partial charge in [-0.3, -0.25) is 9.69 Å². The lowest BCUT2D eigenvalue weighted by molar-refractivity contribution is -0.153. The summed E-state index contributed by atoms with van der Waals surface area (Å²) in [5, 5.41) is 19.7. The van der Waals surface area contributed by atoms with Gasteiger partial charge in [0.1, 0.15) is 5.75 Å². The minimum absolute atomic E-state index is 0.0803. The highest BCUT2D eigenvalue weighted by Gasteiger charge is 2.42. The number of aliphatic carboxylic acids is 1. The molecule has 1 heterocycles. The fraction of sp³-hybridized carbons (Fsp3) is 0.588. The number of likely N-dealkylation sites (tertiary alicyclic amines) is 1. The van der Waals surface area contributed by atoms with Gasteiger partial charge in [0.15, 0.2) is 0 Å². The molecule has 1 fully saturated rings. The Labute approximate surface area is 126 Å². The van der Waals surface area contributed by atoms with E-state index >= 15 is 0 Å². The summed E-state index contributed by atoms with van der Waals surface area (Å²) < 4.78 is 0. The summed E-state index contributed by atoms with van der Waals surface area (Å²) in [5.74, 6) is -0.394. The third-order valence-electron chi connectivity index (χ3n) is 4.86. The Balaban J connectivity index is 2.27. The molecule has 0 aromatic heterocycles. The molecule has 1 aromatic rings. The van der Waals surface area contributed by atoms with Crippen molar-refractivity contribution in [3.05, 3.63) is 29.8 Å². The number of aromatic hydroxyl groups is 1. The molecule has 4 nitrogen and oxygen atoms in total. The van der Waals surface area contributed by atoms with E-state index in [1.807, 2.05) is 25.1 Å². The zero-order valence-corrected chi connectivity index (χ0v) is 12.9. The second-order valence-corrected chi connectivity index (χ2v) is 6.00. The SMILES string of the molecule is CCC(c1ccccc1O)N1CCCC(CC)(C(=O)O)C1. The van der Waals surface area contributed by atoms with Gasteiger partial charge in [0.2, 0.25) is 0 Å². The lowest BCUT2D eigenvalue weighted by Gasteiger charge is -2.43. The van der Waals surface area contributed by atoms with Gasteiger partial charge in [-0.25, -0.2) is 0 Å². The van der Waals surface area contributed by atoms with E-state index in [1.165, 1.54) is 0 Å². The van der Waals surface area contributed by atoms with Gasteiger partial charge < -0.3 is 10.2 Å². The number of phenols is 1. The molecule has 0 saturated carbocycles. The molecule has 1 aliphatic rings. The average molecular weight is 291 g/mol. The van der Waals surface area contributed by atoms with Crippen molar-refractivity contribution >= 4 is 5.97 Å². The summed E-state index contributed by atoms with van der Waals surface area (Å²) in [4.78, 5) is 13.9. The summed E-state index contributed by atoms with van der Waals surface area (Å²) >= 11 is 0. The fourth-order valence-electron chi connectivity index (χ4n) is 3.49. The molecule has 2 atom stereocenters. The molecule has 0 amide bonds. The third-order valence-corrected chi connectivity index (χ3v) is 4.86. The van der Waals surface area contributed by atoms with Crippen molar-refractivity contribution < 1.29 is 15.0 Å². The topological polar surface area (TPSA) is 60.8 Å². The molecule has 0 aliphatic carbocycles. The van der Waals surface area contributed by atoms with Crippen molar-refractivity contribution in [3.8, 4) is 5.75 Å². The molecule has 0 bridgehead atoms. The van der Waals surface area contributed by atoms with Crippen LogP contribution < -0.4 is 0 Å². The fourth-order valence-corrected chi connectivity index (χ4v) is 3.49. The molecule has 0 spiro atoms. The molecular formula is C17H25NO3. The number of hydrogen-bond donors (Lipinski definition) is 2. The van der Waals surface area contributed by atoms with Crippen molar-refractivity contribution in [2.45, 2.75) is 45.6 Å². The van der Waals surface area contributed by atoms with Crippen LogP contribution >= 0.6 is 0 Å². The first kappa shape index (κ1) is 15.8. The van der Waals surface area contributed by atoms with Crippen molar-refractivity contribution in [2.75, 3.05) is 13.1 Å². The van der Waals surface area contributed by atoms with Crippen molar-refractivity contribution in [2.24, 2.45) is 5.41 Å². The Morgan fingerprint density at radius 3 is 2.67 bits per heavy atom. The van der Waals surface area contributed by atoms with Gasteiger partial charge in [-0.1, -0.05) is 32.0 Å². The van der Waals surface area contributed by atoms with Crippen LogP contribution in [0.3, 0.4) is 0 Å². The Bertz CT molecular complexity index is 503. The Kier molecular flexibility index (Phi) is 4.88. The van der Waals surface area contributed by atoms with Crippen LogP contribution in [0, 0.1) is 5.41 Å². The number of carboxylic acid groups (broad SMARTS) is 1. The standard InChI is InChI=1S/C17H25NO3/c1-3-14(13-8-5-6-9-15(13)19)18-11-7-10-17(4-2,12-18)16(20)21/h5-6,8-9,14,19H,3-4,7,10-12H2,1-2H3,(H,20,21). The van der Waals surface area contributed by atoms with E-state index in [2.05, 4.69) is 11.8 Å². The van der Waals surface area contributed by atoms with E-state index in [0.717, 1.165) is 31.4 Å². The number of hydrogen-bond acceptors (Lipinski definition) is 3. The molecule has 116 valence electrons. The van der Waals surface area contributed by atoms with Gasteiger partial charge in [0.25, 0.3) is 0 Å². The van der Waals surface area contributed by atoms with E-state index in [1.54, 1.807) is 6.07 Å². The summed E-state index contributed by atoms with van der Waals surface area (Å²) in [6.45, 7) is 5.49. The number of rotatable bonds is 5. The number of carbonyl (C=O) groups is 1. The third kappa shape index (κ3) is 3.05. The first-order valence-electron chi connectivity index (χ1n) is 7.79. The summed E-state index contributed by atoms with van der Waals surface area (Å²) in [5.41, 5.74) is 0.257. The number of benzene rings is 1. The minimum atomic E-state index is -0.693. The van der Waals surface area contributed by atoms with Gasteiger partial charge in [-0.05, 0) is 38.3 Å². The average Bonchev–Trinajstić information content (AvgIpc) is 2.50. The molecule has 0 radical (unpaired) electrons. The zero-order chi connectivity index (χ0) is 15.5. The second-order valence-electron chi connectivity index (χ2n) is 6.00. The molecule has 1 aliphatic heterocycles. The molecule has 2 rings (SSSR count). The highest BCUT2D eigenvalue weighted by molar-refractivity contribution is 5.75. The van der Waals surface area contributed by atoms with E-state index in [4.69, 9.17) is 0 Å². The van der Waals surface area contributed by atoms with Crippen LogP contribution in [0.2, 0.25) is 0 Å². The van der Waals surface area contributed by atoms with Crippen molar-refractivity contribution in [1.82, 2.24) is 4.90 Å². The smallest absolute Gasteiger partial charge is 0.310 e. The van der Waals surface area contributed by atoms with Crippen LogP contribution in [-0.2, 0) is 4.79 Å². The van der Waals surface area contributed by atoms with Crippen LogP contribution in [0.4, 0.5) is 0 Å². The molecule has 4 heteroatoms. The lowest BCUT2D eigenvalue weighted by atomic mass is 9.77. The Morgan fingerprint density at radius 2 is 2.10 bits per heavy atom. The summed E-state index contributed by atoms with van der Waals surface area (Å²) in [6, 6.07) is 7.46. The predicted molar refractivity (Wildman–Crippen MR) is 82.3 cm³/mol. The predicted octanol–water partition coefficient (Wildman–Crippen LogP) is 3.42. The number of nitrogens with zero attached hydrogens (tertiary/aromatic N) is 1. The lowest BCUT2D eigenvalue weighted by Crippen LogP contribution is -2.48. The van der Waals surface area contributed by atoms with E-state index < -0.39 is 11.4 Å². The maximum atomic E-state index is 11.7. The normalized spacial score (nSPS) is 24.7. The number of para-hydroxylation sites is 1. The van der Waals surface area contributed by atoms with Gasteiger partial charge in [0, 0.05) is 18.2 Å². The van der Waals surface area contributed by atoms with Crippen LogP contribution in [0.25, 0.3) is 0 Å². The van der Waals surface area contributed by atoms with Crippen molar-refractivity contribution in [1.29, 1.82) is 0 Å². The monoisotopic (exact) mass is 291 g/mol. The second kappa shape index (κ2) is 6.48. The van der Waals surface area contributed by atoms with Gasteiger partial charge >= 0.3 is 5.97 Å². The van der Waals surface area contributed by atoms with Gasteiger partial charge in [-0.15, -0.1) is 0 Å². The maximum absolute atomic E-state index is 11.7. The number of piperidine rings is 1. The summed E-state index contributed by atoms with van der Waals surface area (Å²) in [6.07, 6.45) is 3.14. The van der Waals surface area contributed by atoms with Crippen LogP contribution in [0.1, 0.15) is 51.1 Å².